The monoisotopic (exact) mass is 264 g/mol. The lowest BCUT2D eigenvalue weighted by Crippen LogP contribution is -2.22. The van der Waals surface area contributed by atoms with Crippen LogP contribution in [-0.2, 0) is 0 Å². The molecule has 1 aliphatic carbocycles. The molecule has 1 heterocycles. The van der Waals surface area contributed by atoms with Gasteiger partial charge < -0.3 is 10.1 Å². The van der Waals surface area contributed by atoms with Crippen molar-refractivity contribution in [2.75, 3.05) is 0 Å². The number of hydrogen-bond donors (Lipinski definition) is 2. The van der Waals surface area contributed by atoms with Gasteiger partial charge in [-0.05, 0) is 24.7 Å². The Morgan fingerprint density at radius 1 is 1.42 bits per heavy atom. The van der Waals surface area contributed by atoms with Crippen LogP contribution in [0.4, 0.5) is 0 Å². The minimum absolute atomic E-state index is 0.0138. The summed E-state index contributed by atoms with van der Waals surface area (Å²) in [6.45, 7) is 5.99. The van der Waals surface area contributed by atoms with Crippen molar-refractivity contribution in [3.8, 4) is 5.88 Å². The lowest BCUT2D eigenvalue weighted by molar-refractivity contribution is 0.304. The van der Waals surface area contributed by atoms with Crippen LogP contribution in [0.15, 0.2) is 4.79 Å². The second kappa shape index (κ2) is 5.76. The molecule has 1 aliphatic rings. The number of aromatic hydroxyl groups is 1. The van der Waals surface area contributed by atoms with Gasteiger partial charge in [0.1, 0.15) is 5.82 Å². The van der Waals surface area contributed by atoms with Crippen molar-refractivity contribution >= 4 is 0 Å². The van der Waals surface area contributed by atoms with E-state index in [1.807, 2.05) is 13.8 Å². The van der Waals surface area contributed by atoms with Gasteiger partial charge in [0, 0.05) is 5.92 Å². The van der Waals surface area contributed by atoms with E-state index >= 15 is 0 Å². The summed E-state index contributed by atoms with van der Waals surface area (Å²) in [6.07, 6.45) is 5.75. The van der Waals surface area contributed by atoms with E-state index in [9.17, 15) is 9.90 Å². The maximum atomic E-state index is 12.0. The first kappa shape index (κ1) is 14.1. The molecular weight excluding hydrogens is 240 g/mol. The van der Waals surface area contributed by atoms with Crippen LogP contribution in [0.25, 0.3) is 0 Å². The minimum atomic E-state index is -0.184. The molecule has 0 aliphatic heterocycles. The third-order valence-corrected chi connectivity index (χ3v) is 4.28. The molecule has 1 aromatic rings. The molecule has 0 radical (unpaired) electrons. The second-order valence-electron chi connectivity index (χ2n) is 5.98. The summed E-state index contributed by atoms with van der Waals surface area (Å²) in [7, 11) is 0. The number of H-pyrrole nitrogens is 1. The van der Waals surface area contributed by atoms with Crippen molar-refractivity contribution in [3.05, 3.63) is 21.7 Å². The van der Waals surface area contributed by atoms with E-state index < -0.39 is 0 Å². The molecule has 2 rings (SSSR count). The van der Waals surface area contributed by atoms with Crippen molar-refractivity contribution < 1.29 is 5.11 Å². The fourth-order valence-corrected chi connectivity index (χ4v) is 3.11. The number of aromatic amines is 1. The van der Waals surface area contributed by atoms with Crippen LogP contribution in [-0.4, -0.2) is 15.1 Å². The van der Waals surface area contributed by atoms with Crippen LogP contribution >= 0.6 is 0 Å². The van der Waals surface area contributed by atoms with E-state index in [0.717, 1.165) is 18.8 Å². The Balaban J connectivity index is 2.29. The van der Waals surface area contributed by atoms with Gasteiger partial charge in [-0.25, -0.2) is 0 Å². The van der Waals surface area contributed by atoms with Crippen LogP contribution < -0.4 is 5.56 Å². The lowest BCUT2D eigenvalue weighted by Gasteiger charge is -2.27. The molecule has 0 amide bonds. The van der Waals surface area contributed by atoms with E-state index in [1.54, 1.807) is 0 Å². The third-order valence-electron chi connectivity index (χ3n) is 4.28. The fourth-order valence-electron chi connectivity index (χ4n) is 3.11. The summed E-state index contributed by atoms with van der Waals surface area (Å²) in [5, 5.41) is 9.97. The highest BCUT2D eigenvalue weighted by Gasteiger charge is 2.25. The average Bonchev–Trinajstić information content (AvgIpc) is 2.37. The summed E-state index contributed by atoms with van der Waals surface area (Å²) in [6, 6.07) is 0. The number of hydrogen-bond acceptors (Lipinski definition) is 3. The molecule has 106 valence electrons. The maximum absolute atomic E-state index is 12.0. The van der Waals surface area contributed by atoms with Crippen LogP contribution in [0, 0.1) is 5.92 Å². The summed E-state index contributed by atoms with van der Waals surface area (Å²) in [5.41, 5.74) is 0.211. The molecule has 4 heteroatoms. The molecule has 0 spiro atoms. The van der Waals surface area contributed by atoms with E-state index in [1.165, 1.54) is 19.3 Å². The van der Waals surface area contributed by atoms with Crippen LogP contribution in [0.3, 0.4) is 0 Å². The van der Waals surface area contributed by atoms with Gasteiger partial charge >= 0.3 is 0 Å². The maximum Gasteiger partial charge on any atom is 0.258 e. The van der Waals surface area contributed by atoms with Gasteiger partial charge in [-0.15, -0.1) is 0 Å². The quantitative estimate of drug-likeness (QED) is 0.880. The summed E-state index contributed by atoms with van der Waals surface area (Å²) in [5.74, 6) is 1.58. The molecule has 0 bridgehead atoms. The van der Waals surface area contributed by atoms with Crippen LogP contribution in [0.1, 0.15) is 76.1 Å². The Morgan fingerprint density at radius 2 is 2.16 bits per heavy atom. The zero-order chi connectivity index (χ0) is 14.0. The van der Waals surface area contributed by atoms with E-state index in [2.05, 4.69) is 16.9 Å². The fraction of sp³-hybridized carbons (Fsp3) is 0.733. The average molecular weight is 264 g/mol. The molecule has 0 aromatic carbocycles. The van der Waals surface area contributed by atoms with Gasteiger partial charge in [0.2, 0.25) is 5.88 Å². The normalized spacial score (nSPS) is 23.8. The lowest BCUT2D eigenvalue weighted by atomic mass is 9.80. The highest BCUT2D eigenvalue weighted by molar-refractivity contribution is 5.26. The Morgan fingerprint density at radius 3 is 2.74 bits per heavy atom. The smallest absolute Gasteiger partial charge is 0.258 e. The highest BCUT2D eigenvalue weighted by Crippen LogP contribution is 2.36. The minimum Gasteiger partial charge on any atom is -0.493 e. The van der Waals surface area contributed by atoms with Gasteiger partial charge in [0.25, 0.3) is 5.56 Å². The molecule has 1 aromatic heterocycles. The number of nitrogens with one attached hydrogen (secondary N) is 1. The number of rotatable bonds is 3. The molecule has 2 unspecified atom stereocenters. The highest BCUT2D eigenvalue weighted by atomic mass is 16.3. The Bertz CT molecular complexity index is 493. The molecule has 1 fully saturated rings. The third kappa shape index (κ3) is 2.99. The molecule has 1 saturated carbocycles. The molecule has 4 nitrogen and oxygen atoms in total. The van der Waals surface area contributed by atoms with Crippen LogP contribution in [0.5, 0.6) is 5.88 Å². The summed E-state index contributed by atoms with van der Waals surface area (Å²) >= 11 is 0. The van der Waals surface area contributed by atoms with E-state index in [4.69, 9.17) is 0 Å². The largest absolute Gasteiger partial charge is 0.493 e. The topological polar surface area (TPSA) is 66.0 Å². The molecule has 0 saturated heterocycles. The first-order valence-corrected chi connectivity index (χ1v) is 7.36. The van der Waals surface area contributed by atoms with E-state index in [0.29, 0.717) is 17.3 Å². The van der Waals surface area contributed by atoms with Gasteiger partial charge in [-0.3, -0.25) is 4.79 Å². The Kier molecular flexibility index (Phi) is 4.27. The zero-order valence-electron chi connectivity index (χ0n) is 12.1. The Labute approximate surface area is 114 Å². The zero-order valence-corrected chi connectivity index (χ0v) is 12.1. The number of nitrogens with zero attached hydrogens (tertiary/aromatic N) is 1. The number of aromatic nitrogens is 2. The summed E-state index contributed by atoms with van der Waals surface area (Å²) in [4.78, 5) is 19.2. The summed E-state index contributed by atoms with van der Waals surface area (Å²) < 4.78 is 0. The SMILES string of the molecule is CCC1CCCC(c2nc(O)c(C(C)C)c(=O)[nH]2)C1. The first-order chi connectivity index (χ1) is 9.02. The van der Waals surface area contributed by atoms with Crippen LogP contribution in [0.2, 0.25) is 0 Å². The molecule has 2 atom stereocenters. The molecule has 19 heavy (non-hydrogen) atoms. The molecular formula is C15H24N2O2. The second-order valence-corrected chi connectivity index (χ2v) is 5.98. The van der Waals surface area contributed by atoms with Gasteiger partial charge in [0.05, 0.1) is 5.56 Å². The predicted molar refractivity (Wildman–Crippen MR) is 75.6 cm³/mol. The van der Waals surface area contributed by atoms with Crippen molar-refractivity contribution in [3.63, 3.8) is 0 Å². The standard InChI is InChI=1S/C15H24N2O2/c1-4-10-6-5-7-11(8-10)13-16-14(18)12(9(2)3)15(19)17-13/h9-11H,4-8H2,1-3H3,(H2,16,17,18,19). The Hall–Kier alpha value is -1.32. The van der Waals surface area contributed by atoms with Crippen molar-refractivity contribution in [2.24, 2.45) is 5.92 Å². The van der Waals surface area contributed by atoms with Crippen molar-refractivity contribution in [1.82, 2.24) is 9.97 Å². The molecule has 2 N–H and O–H groups in total. The van der Waals surface area contributed by atoms with Gasteiger partial charge in [-0.1, -0.05) is 40.0 Å². The van der Waals surface area contributed by atoms with Crippen molar-refractivity contribution in [2.45, 2.75) is 64.7 Å². The first-order valence-electron chi connectivity index (χ1n) is 7.36. The van der Waals surface area contributed by atoms with Gasteiger partial charge in [0.15, 0.2) is 0 Å². The van der Waals surface area contributed by atoms with Gasteiger partial charge in [-0.2, -0.15) is 4.98 Å². The predicted octanol–water partition coefficient (Wildman–Crippen LogP) is 3.28. The van der Waals surface area contributed by atoms with E-state index in [-0.39, 0.29) is 17.4 Å². The van der Waals surface area contributed by atoms with Crippen molar-refractivity contribution in [1.29, 1.82) is 0 Å².